The van der Waals surface area contributed by atoms with E-state index in [0.717, 1.165) is 93.7 Å². The number of rotatable bonds is 17. The number of benzene rings is 6. The van der Waals surface area contributed by atoms with E-state index < -0.39 is 0 Å². The summed E-state index contributed by atoms with van der Waals surface area (Å²) in [5.41, 5.74) is 18.6. The van der Waals surface area contributed by atoms with Crippen molar-refractivity contribution in [2.45, 2.75) is 136 Å². The summed E-state index contributed by atoms with van der Waals surface area (Å²) >= 11 is 0. The Morgan fingerprint density at radius 1 is 0.469 bits per heavy atom. The average molecular weight is 1030 g/mol. The Bertz CT molecular complexity index is 2670. The first-order valence-corrected chi connectivity index (χ1v) is 23.8. The van der Waals surface area contributed by atoms with Crippen molar-refractivity contribution in [2.75, 3.05) is 0 Å². The number of aromatic hydroxyl groups is 2. The Hall–Kier alpha value is -5.05. The molecule has 0 radical (unpaired) electrons. The molecule has 6 aromatic rings. The number of aryl methyl sites for hydroxylation is 3. The number of aliphatic imine (C=N–C) groups is 2. The SMILES string of the molecule is CCCCC1(CCCC)c2ccccc2-c2cc(O)c(C=Nc3ccc(-c4c(C)cc(C)cc4C)cc3N=Cc3cc4c(cc3O)-c3ccccc3C4(CCCC)CCCC)cc21.[Pt]. The van der Waals surface area contributed by atoms with Crippen molar-refractivity contribution in [3.05, 3.63) is 153 Å². The largest absolute Gasteiger partial charge is 0.507 e. The Morgan fingerprint density at radius 2 is 0.891 bits per heavy atom. The van der Waals surface area contributed by atoms with E-state index in [0.29, 0.717) is 22.5 Å². The predicted molar refractivity (Wildman–Crippen MR) is 267 cm³/mol. The van der Waals surface area contributed by atoms with Crippen molar-refractivity contribution in [1.29, 1.82) is 0 Å². The van der Waals surface area contributed by atoms with Gasteiger partial charge in [-0.05, 0) is 150 Å². The Morgan fingerprint density at radius 3 is 1.33 bits per heavy atom. The standard InChI is InChI=1S/C59H66N2O2.Pt/c1-8-12-26-58(27-13-9-2)49-22-18-16-20-45(49)47-35-55(62)43(32-51(47)58)37-60-53-25-24-42(57-40(6)30-39(5)31-41(57)7)34-54(53)61-38-44-33-52-48(36-56(44)63)46-21-17-19-23-50(46)59(52,28-14-10-3)29-15-11-4;/h16-25,30-38,62-63H,8-15,26-29H2,1-7H3;. The molecule has 334 valence electrons. The third kappa shape index (κ3) is 8.60. The van der Waals surface area contributed by atoms with Crippen molar-refractivity contribution in [2.24, 2.45) is 9.98 Å². The summed E-state index contributed by atoms with van der Waals surface area (Å²) in [7, 11) is 0. The van der Waals surface area contributed by atoms with Crippen molar-refractivity contribution in [1.82, 2.24) is 0 Å². The second kappa shape index (κ2) is 20.0. The summed E-state index contributed by atoms with van der Waals surface area (Å²) < 4.78 is 0. The van der Waals surface area contributed by atoms with Gasteiger partial charge in [0.05, 0.1) is 11.4 Å². The molecule has 5 heteroatoms. The van der Waals surface area contributed by atoms with Crippen LogP contribution in [0.15, 0.2) is 113 Å². The van der Waals surface area contributed by atoms with Gasteiger partial charge < -0.3 is 10.2 Å². The van der Waals surface area contributed by atoms with Crippen LogP contribution in [-0.2, 0) is 31.9 Å². The topological polar surface area (TPSA) is 65.2 Å². The first-order chi connectivity index (χ1) is 30.6. The smallest absolute Gasteiger partial charge is 0.124 e. The average Bonchev–Trinajstić information content (AvgIpc) is 3.69. The third-order valence-electron chi connectivity index (χ3n) is 14.3. The van der Waals surface area contributed by atoms with Crippen molar-refractivity contribution >= 4 is 23.8 Å². The normalized spacial score (nSPS) is 14.1. The molecule has 2 aliphatic rings. The van der Waals surface area contributed by atoms with E-state index in [4.69, 9.17) is 9.98 Å². The van der Waals surface area contributed by atoms with Gasteiger partial charge in [-0.15, -0.1) is 0 Å². The fraction of sp³-hybridized carbons (Fsp3) is 0.356. The summed E-state index contributed by atoms with van der Waals surface area (Å²) in [6.07, 6.45) is 17.0. The molecule has 0 amide bonds. The molecule has 0 unspecified atom stereocenters. The van der Waals surface area contributed by atoms with E-state index in [1.54, 1.807) is 0 Å². The van der Waals surface area contributed by atoms with Gasteiger partial charge in [0.2, 0.25) is 0 Å². The summed E-state index contributed by atoms with van der Waals surface area (Å²) in [5, 5.41) is 23.4. The van der Waals surface area contributed by atoms with Crippen LogP contribution in [0.25, 0.3) is 33.4 Å². The van der Waals surface area contributed by atoms with E-state index in [1.807, 2.05) is 30.6 Å². The zero-order chi connectivity index (χ0) is 44.3. The maximum Gasteiger partial charge on any atom is 0.124 e. The van der Waals surface area contributed by atoms with Gasteiger partial charge in [0.15, 0.2) is 0 Å². The maximum atomic E-state index is 11.7. The van der Waals surface area contributed by atoms with E-state index in [-0.39, 0.29) is 43.4 Å². The van der Waals surface area contributed by atoms with Crippen LogP contribution in [0, 0.1) is 20.8 Å². The van der Waals surface area contributed by atoms with Crippen molar-refractivity contribution < 1.29 is 31.3 Å². The zero-order valence-electron chi connectivity index (χ0n) is 39.1. The van der Waals surface area contributed by atoms with Gasteiger partial charge >= 0.3 is 0 Å². The molecule has 0 saturated carbocycles. The van der Waals surface area contributed by atoms with Gasteiger partial charge in [-0.1, -0.05) is 151 Å². The second-order valence-corrected chi connectivity index (χ2v) is 18.6. The minimum absolute atomic E-state index is 0. The Labute approximate surface area is 397 Å². The first-order valence-electron chi connectivity index (χ1n) is 23.8. The fourth-order valence-corrected chi connectivity index (χ4v) is 11.3. The molecule has 8 rings (SSSR count). The Kier molecular flexibility index (Phi) is 14.7. The number of hydrogen-bond donors (Lipinski definition) is 2. The maximum absolute atomic E-state index is 11.7. The molecular weight excluding hydrogens is 964 g/mol. The van der Waals surface area contributed by atoms with Gasteiger partial charge in [0.1, 0.15) is 11.5 Å². The van der Waals surface area contributed by atoms with Crippen LogP contribution in [0.1, 0.15) is 155 Å². The minimum Gasteiger partial charge on any atom is -0.507 e. The molecule has 64 heavy (non-hydrogen) atoms. The first kappa shape index (κ1) is 46.9. The van der Waals surface area contributed by atoms with E-state index in [1.165, 1.54) is 55.6 Å². The monoisotopic (exact) mass is 1030 g/mol. The molecule has 2 aliphatic carbocycles. The number of unbranched alkanes of at least 4 members (excludes halogenated alkanes) is 4. The van der Waals surface area contributed by atoms with Crippen molar-refractivity contribution in [3.63, 3.8) is 0 Å². The second-order valence-electron chi connectivity index (χ2n) is 18.6. The fourth-order valence-electron chi connectivity index (χ4n) is 11.3. The van der Waals surface area contributed by atoms with Gasteiger partial charge in [0, 0.05) is 55.5 Å². The molecular formula is C59H66N2O2Pt. The van der Waals surface area contributed by atoms with Crippen LogP contribution in [0.2, 0.25) is 0 Å². The Balaban J connectivity index is 0.00000612. The third-order valence-corrected chi connectivity index (χ3v) is 14.3. The number of phenols is 2. The summed E-state index contributed by atoms with van der Waals surface area (Å²) in [6.45, 7) is 15.6. The van der Waals surface area contributed by atoms with E-state index >= 15 is 0 Å². The van der Waals surface area contributed by atoms with Crippen LogP contribution in [0.4, 0.5) is 11.4 Å². The molecule has 0 aliphatic heterocycles. The van der Waals surface area contributed by atoms with Crippen LogP contribution in [-0.4, -0.2) is 22.6 Å². The van der Waals surface area contributed by atoms with E-state index in [2.05, 4.69) is 133 Å². The molecule has 2 N–H and O–H groups in total. The van der Waals surface area contributed by atoms with Gasteiger partial charge in [-0.2, -0.15) is 0 Å². The number of hydrogen-bond acceptors (Lipinski definition) is 4. The molecule has 0 fully saturated rings. The van der Waals surface area contributed by atoms with Crippen molar-refractivity contribution in [3.8, 4) is 44.9 Å². The van der Waals surface area contributed by atoms with Gasteiger partial charge in [-0.25, -0.2) is 0 Å². The zero-order valence-corrected chi connectivity index (χ0v) is 41.3. The molecule has 0 spiro atoms. The number of nitrogens with zero attached hydrogens (tertiary/aromatic N) is 2. The van der Waals surface area contributed by atoms with Crippen LogP contribution in [0.3, 0.4) is 0 Å². The summed E-state index contributed by atoms with van der Waals surface area (Å²) in [5.74, 6) is 0.444. The molecule has 4 nitrogen and oxygen atoms in total. The minimum atomic E-state index is -0.103. The molecule has 0 heterocycles. The van der Waals surface area contributed by atoms with Crippen LogP contribution < -0.4 is 0 Å². The molecule has 0 saturated heterocycles. The quantitative estimate of drug-likeness (QED) is 0.0894. The van der Waals surface area contributed by atoms with E-state index in [9.17, 15) is 10.2 Å². The molecule has 0 atom stereocenters. The molecule has 0 bridgehead atoms. The predicted octanol–water partition coefficient (Wildman–Crippen LogP) is 16.5. The summed E-state index contributed by atoms with van der Waals surface area (Å²) in [4.78, 5) is 10.3. The van der Waals surface area contributed by atoms with Gasteiger partial charge in [-0.3, -0.25) is 9.98 Å². The number of fused-ring (bicyclic) bond motifs is 6. The summed E-state index contributed by atoms with van der Waals surface area (Å²) in [6, 6.07) is 36.8. The van der Waals surface area contributed by atoms with Crippen LogP contribution in [0.5, 0.6) is 11.5 Å². The molecule has 0 aromatic heterocycles. The van der Waals surface area contributed by atoms with Gasteiger partial charge in [0.25, 0.3) is 0 Å². The molecule has 6 aromatic carbocycles. The van der Waals surface area contributed by atoms with Crippen LogP contribution >= 0.6 is 0 Å². The number of phenolic OH excluding ortho intramolecular Hbond substituents is 2.